The van der Waals surface area contributed by atoms with Crippen molar-refractivity contribution in [3.8, 4) is 5.75 Å². The molecule has 2 atom stereocenters. The number of hydrogen-bond donors (Lipinski definition) is 1. The van der Waals surface area contributed by atoms with Gasteiger partial charge in [0.1, 0.15) is 0 Å². The van der Waals surface area contributed by atoms with Crippen molar-refractivity contribution in [2.24, 2.45) is 0 Å². The number of hydrogen-bond acceptors (Lipinski definition) is 5. The van der Waals surface area contributed by atoms with Crippen LogP contribution in [-0.4, -0.2) is 53.1 Å². The molecule has 31 heavy (non-hydrogen) atoms. The molecule has 3 aliphatic rings. The van der Waals surface area contributed by atoms with Crippen LogP contribution in [0.2, 0.25) is 5.02 Å². The lowest BCUT2D eigenvalue weighted by Crippen LogP contribution is -2.54. The molecule has 0 radical (unpaired) electrons. The van der Waals surface area contributed by atoms with Gasteiger partial charge in [0.15, 0.2) is 5.75 Å². The highest BCUT2D eigenvalue weighted by molar-refractivity contribution is 6.30. The summed E-state index contributed by atoms with van der Waals surface area (Å²) < 4.78 is 5.47. The number of carbonyl (C=O) groups is 1. The molecule has 2 aliphatic heterocycles. The van der Waals surface area contributed by atoms with E-state index in [0.717, 1.165) is 31.0 Å². The number of aryl methyl sites for hydroxylation is 1. The Morgan fingerprint density at radius 1 is 1.16 bits per heavy atom. The largest absolute Gasteiger partial charge is 0.415 e. The summed E-state index contributed by atoms with van der Waals surface area (Å²) in [6, 6.07) is 10.2. The number of halogens is 1. The second-order valence-corrected chi connectivity index (χ2v) is 8.55. The third-order valence-corrected chi connectivity index (χ3v) is 6.54. The number of fused-ring (bicyclic) bond motifs is 2. The lowest BCUT2D eigenvalue weighted by Gasteiger charge is -2.43. The number of pyridine rings is 1. The number of amides is 1. The summed E-state index contributed by atoms with van der Waals surface area (Å²) in [5.41, 5.74) is 4.05. The van der Waals surface area contributed by atoms with Crippen molar-refractivity contribution in [3.05, 3.63) is 82.8 Å². The zero-order valence-electron chi connectivity index (χ0n) is 17.2. The van der Waals surface area contributed by atoms with Crippen LogP contribution < -0.4 is 10.1 Å². The minimum atomic E-state index is -0.319. The van der Waals surface area contributed by atoms with Gasteiger partial charge in [-0.25, -0.2) is 4.79 Å². The van der Waals surface area contributed by atoms with Gasteiger partial charge in [-0.1, -0.05) is 23.7 Å². The third kappa shape index (κ3) is 4.18. The zero-order chi connectivity index (χ0) is 21.2. The Hall–Kier alpha value is -2.83. The molecular weight excluding hydrogens is 412 g/mol. The summed E-state index contributed by atoms with van der Waals surface area (Å²) in [5.74, 6) is 0.470. The molecule has 1 N–H and O–H groups in total. The summed E-state index contributed by atoms with van der Waals surface area (Å²) >= 11 is 6.32. The van der Waals surface area contributed by atoms with Crippen LogP contribution in [0.1, 0.15) is 23.6 Å². The molecule has 7 heteroatoms. The Bertz CT molecular complexity index is 1020. The summed E-state index contributed by atoms with van der Waals surface area (Å²) in [4.78, 5) is 20.8. The van der Waals surface area contributed by atoms with E-state index in [-0.39, 0.29) is 18.2 Å². The molecule has 0 spiro atoms. The smallest absolute Gasteiger partial charge is 0.409 e. The van der Waals surface area contributed by atoms with E-state index in [1.807, 2.05) is 12.3 Å². The minimum Gasteiger partial charge on any atom is -0.409 e. The van der Waals surface area contributed by atoms with E-state index in [9.17, 15) is 4.79 Å². The molecule has 1 amide bonds. The highest BCUT2D eigenvalue weighted by atomic mass is 35.5. The van der Waals surface area contributed by atoms with Crippen molar-refractivity contribution in [2.75, 3.05) is 26.2 Å². The average molecular weight is 437 g/mol. The van der Waals surface area contributed by atoms with Crippen LogP contribution in [0.4, 0.5) is 4.79 Å². The number of benzene rings is 1. The van der Waals surface area contributed by atoms with E-state index in [2.05, 4.69) is 39.5 Å². The minimum absolute atomic E-state index is 0.197. The van der Waals surface area contributed by atoms with E-state index in [1.54, 1.807) is 29.4 Å². The summed E-state index contributed by atoms with van der Waals surface area (Å²) in [6.07, 6.45) is 11.2. The Balaban J connectivity index is 1.34. The lowest BCUT2D eigenvalue weighted by atomic mass is 9.90. The fourth-order valence-corrected chi connectivity index (χ4v) is 4.97. The molecule has 1 fully saturated rings. The van der Waals surface area contributed by atoms with Crippen molar-refractivity contribution >= 4 is 17.7 Å². The number of dihydropyridines is 1. The standard InChI is InChI=1S/C24H25ClN4O2/c25-19-7-8-21-18(15-19)6-5-17-3-1-10-27-22(17)23(21)28-11-13-29(14-12-28)24(30)31-20-4-2-9-26-16-20/h1-4,7-10,15-16,22-23,27H,5-6,11-14H2. The van der Waals surface area contributed by atoms with E-state index < -0.39 is 0 Å². The van der Waals surface area contributed by atoms with Gasteiger partial charge in [-0.05, 0) is 66.1 Å². The third-order valence-electron chi connectivity index (χ3n) is 6.31. The van der Waals surface area contributed by atoms with Gasteiger partial charge < -0.3 is 15.0 Å². The fraction of sp³-hybridized carbons (Fsp3) is 0.333. The van der Waals surface area contributed by atoms with E-state index in [1.165, 1.54) is 16.7 Å². The van der Waals surface area contributed by atoms with Crippen LogP contribution in [0.3, 0.4) is 0 Å². The van der Waals surface area contributed by atoms with Gasteiger partial charge in [0, 0.05) is 37.4 Å². The maximum Gasteiger partial charge on any atom is 0.415 e. The van der Waals surface area contributed by atoms with E-state index in [0.29, 0.717) is 18.8 Å². The van der Waals surface area contributed by atoms with Crippen molar-refractivity contribution in [1.29, 1.82) is 0 Å². The predicted molar refractivity (Wildman–Crippen MR) is 120 cm³/mol. The number of ether oxygens (including phenoxy) is 1. The van der Waals surface area contributed by atoms with Crippen LogP contribution in [0.5, 0.6) is 5.75 Å². The zero-order valence-corrected chi connectivity index (χ0v) is 18.0. The van der Waals surface area contributed by atoms with E-state index in [4.69, 9.17) is 16.3 Å². The van der Waals surface area contributed by atoms with Crippen molar-refractivity contribution < 1.29 is 9.53 Å². The molecule has 0 saturated carbocycles. The number of carbonyl (C=O) groups excluding carboxylic acids is 1. The van der Waals surface area contributed by atoms with Crippen LogP contribution in [0.25, 0.3) is 0 Å². The number of allylic oxidation sites excluding steroid dienone is 2. The van der Waals surface area contributed by atoms with Crippen LogP contribution in [-0.2, 0) is 6.42 Å². The molecule has 1 aliphatic carbocycles. The second-order valence-electron chi connectivity index (χ2n) is 8.11. The van der Waals surface area contributed by atoms with Crippen LogP contribution in [0.15, 0.2) is 66.7 Å². The highest BCUT2D eigenvalue weighted by Crippen LogP contribution is 2.38. The first-order valence-corrected chi connectivity index (χ1v) is 11.1. The maximum absolute atomic E-state index is 12.6. The second kappa shape index (κ2) is 8.73. The highest BCUT2D eigenvalue weighted by Gasteiger charge is 2.37. The normalized spacial score (nSPS) is 23.1. The quantitative estimate of drug-likeness (QED) is 0.772. The first kappa shape index (κ1) is 20.1. The van der Waals surface area contributed by atoms with E-state index >= 15 is 0 Å². The van der Waals surface area contributed by atoms with Gasteiger partial charge in [-0.3, -0.25) is 9.88 Å². The molecule has 1 aromatic carbocycles. The maximum atomic E-state index is 12.6. The van der Waals surface area contributed by atoms with Gasteiger partial charge in [0.05, 0.1) is 18.3 Å². The molecule has 2 unspecified atom stereocenters. The molecule has 3 heterocycles. The average Bonchev–Trinajstić information content (AvgIpc) is 2.96. The molecule has 0 bridgehead atoms. The molecular formula is C24H25ClN4O2. The van der Waals surface area contributed by atoms with Gasteiger partial charge in [-0.2, -0.15) is 0 Å². The first-order chi connectivity index (χ1) is 15.2. The number of aromatic nitrogens is 1. The summed E-state index contributed by atoms with van der Waals surface area (Å²) in [6.45, 7) is 2.81. The summed E-state index contributed by atoms with van der Waals surface area (Å²) in [7, 11) is 0. The Labute approximate surface area is 187 Å². The number of nitrogens with zero attached hydrogens (tertiary/aromatic N) is 3. The van der Waals surface area contributed by atoms with Gasteiger partial charge >= 0.3 is 6.09 Å². The topological polar surface area (TPSA) is 57.7 Å². The summed E-state index contributed by atoms with van der Waals surface area (Å²) in [5, 5.41) is 4.38. The van der Waals surface area contributed by atoms with Crippen LogP contribution in [0, 0.1) is 0 Å². The molecule has 160 valence electrons. The number of nitrogens with one attached hydrogen (secondary N) is 1. The SMILES string of the molecule is O=C(Oc1cccnc1)N1CCN(C2c3ccc(Cl)cc3CCC3=CC=CNC32)CC1. The van der Waals surface area contributed by atoms with Gasteiger partial charge in [-0.15, -0.1) is 0 Å². The molecule has 2 aromatic rings. The molecule has 1 aromatic heterocycles. The Morgan fingerprint density at radius 3 is 2.84 bits per heavy atom. The fourth-order valence-electron chi connectivity index (χ4n) is 4.78. The predicted octanol–water partition coefficient (Wildman–Crippen LogP) is 3.95. The molecule has 5 rings (SSSR count). The molecule has 1 saturated heterocycles. The van der Waals surface area contributed by atoms with Crippen molar-refractivity contribution in [2.45, 2.75) is 24.9 Å². The van der Waals surface area contributed by atoms with Crippen molar-refractivity contribution in [1.82, 2.24) is 20.1 Å². The van der Waals surface area contributed by atoms with Gasteiger partial charge in [0.2, 0.25) is 0 Å². The first-order valence-electron chi connectivity index (χ1n) is 10.7. The monoisotopic (exact) mass is 436 g/mol. The number of rotatable bonds is 2. The Kier molecular flexibility index (Phi) is 5.66. The van der Waals surface area contributed by atoms with Gasteiger partial charge in [0.25, 0.3) is 0 Å². The lowest BCUT2D eigenvalue weighted by molar-refractivity contribution is 0.0810. The molecule has 6 nitrogen and oxygen atoms in total. The number of piperazine rings is 1. The van der Waals surface area contributed by atoms with Crippen LogP contribution >= 0.6 is 11.6 Å². The van der Waals surface area contributed by atoms with Crippen molar-refractivity contribution in [3.63, 3.8) is 0 Å². The Morgan fingerprint density at radius 2 is 2.03 bits per heavy atom.